The first-order valence-electron chi connectivity index (χ1n) is 14.0. The van der Waals surface area contributed by atoms with E-state index in [1.165, 1.54) is 12.2 Å². The Balaban J connectivity index is 0.996. The number of hydrogen-bond acceptors (Lipinski definition) is 9. The molecule has 3 atom stereocenters. The Bertz CT molecular complexity index is 894. The summed E-state index contributed by atoms with van der Waals surface area (Å²) in [7, 11) is 0. The van der Waals surface area contributed by atoms with Crippen LogP contribution in [0.15, 0.2) is 12.2 Å². The lowest BCUT2D eigenvalue weighted by atomic mass is 10.1. The van der Waals surface area contributed by atoms with E-state index >= 15 is 0 Å². The molecule has 1 aliphatic heterocycles. The highest BCUT2D eigenvalue weighted by atomic mass is 16.6. The van der Waals surface area contributed by atoms with Gasteiger partial charge in [-0.3, -0.25) is 19.3 Å². The van der Waals surface area contributed by atoms with E-state index in [2.05, 4.69) is 22.5 Å². The fourth-order valence-electron chi connectivity index (χ4n) is 4.71. The zero-order valence-electron chi connectivity index (χ0n) is 23.0. The molecule has 0 saturated heterocycles. The average Bonchev–Trinajstić information content (AvgIpc) is 3.46. The standard InChI is InChI=1S/C28H41N3O9/c32-25(9-12-31-26(33)7-8-27(31)34)29-10-13-36-15-17-38-19-20-39-18-16-37-14-11-30-28(35)40-21-24-22-5-3-1-2-4-6-23(22)24/h7-8,22-24H,3-6,9-21H2,(H,29,32)(H,30,35)/t22-,23+,24?. The second-order valence-electron chi connectivity index (χ2n) is 9.66. The highest BCUT2D eigenvalue weighted by molar-refractivity contribution is 6.13. The normalized spacial score (nSPS) is 21.2. The van der Waals surface area contributed by atoms with Crippen LogP contribution in [0.2, 0.25) is 0 Å². The topological polar surface area (TPSA) is 142 Å². The van der Waals surface area contributed by atoms with Crippen molar-refractivity contribution >= 4 is 23.8 Å². The zero-order chi connectivity index (χ0) is 28.4. The van der Waals surface area contributed by atoms with E-state index in [1.54, 1.807) is 0 Å². The molecular formula is C28H41N3O9. The van der Waals surface area contributed by atoms with Gasteiger partial charge in [0.2, 0.25) is 5.91 Å². The Hall–Kier alpha value is -2.98. The lowest BCUT2D eigenvalue weighted by Gasteiger charge is -2.13. The molecule has 12 nitrogen and oxygen atoms in total. The molecule has 1 fully saturated rings. The molecule has 222 valence electrons. The SMILES string of the molecule is O=C(CCN1C(=O)C=CC1=O)NCCOCCOCCOCCOCCNC(=O)OCC1[C@H]2CCC#CCC[C@@H]12. The Kier molecular flexibility index (Phi) is 14.5. The summed E-state index contributed by atoms with van der Waals surface area (Å²) in [6.45, 7) is 4.44. The summed E-state index contributed by atoms with van der Waals surface area (Å²) in [5.41, 5.74) is 0. The number of nitrogens with one attached hydrogen (secondary N) is 2. The number of amides is 4. The summed E-state index contributed by atoms with van der Waals surface area (Å²) in [5.74, 6) is 7.13. The van der Waals surface area contributed by atoms with Crippen molar-refractivity contribution in [2.45, 2.75) is 32.1 Å². The van der Waals surface area contributed by atoms with Crippen molar-refractivity contribution in [1.29, 1.82) is 0 Å². The van der Waals surface area contributed by atoms with Crippen molar-refractivity contribution < 1.29 is 42.9 Å². The van der Waals surface area contributed by atoms with Crippen molar-refractivity contribution in [3.63, 3.8) is 0 Å². The largest absolute Gasteiger partial charge is 0.449 e. The van der Waals surface area contributed by atoms with Crippen LogP contribution in [0.25, 0.3) is 0 Å². The summed E-state index contributed by atoms with van der Waals surface area (Å²) < 4.78 is 27.0. The number of nitrogens with zero attached hydrogens (tertiary/aromatic N) is 1. The number of carbonyl (C=O) groups is 4. The molecule has 0 bridgehead atoms. The Labute approximate surface area is 235 Å². The molecule has 40 heavy (non-hydrogen) atoms. The number of alkyl carbamates (subject to hydrolysis) is 1. The summed E-state index contributed by atoms with van der Waals surface area (Å²) in [6, 6.07) is 0. The van der Waals surface area contributed by atoms with E-state index in [0.717, 1.165) is 30.6 Å². The van der Waals surface area contributed by atoms with Gasteiger partial charge in [0.1, 0.15) is 0 Å². The van der Waals surface area contributed by atoms with E-state index in [1.807, 2.05) is 0 Å². The van der Waals surface area contributed by atoms with Gasteiger partial charge >= 0.3 is 6.09 Å². The molecular weight excluding hydrogens is 522 g/mol. The van der Waals surface area contributed by atoms with Gasteiger partial charge in [-0.2, -0.15) is 0 Å². The molecule has 0 aromatic heterocycles. The van der Waals surface area contributed by atoms with Crippen molar-refractivity contribution in [2.75, 3.05) is 79.1 Å². The third kappa shape index (κ3) is 12.0. The lowest BCUT2D eigenvalue weighted by molar-refractivity contribution is -0.137. The monoisotopic (exact) mass is 563 g/mol. The van der Waals surface area contributed by atoms with Crippen LogP contribution in [0.3, 0.4) is 0 Å². The third-order valence-corrected chi connectivity index (χ3v) is 6.91. The third-order valence-electron chi connectivity index (χ3n) is 6.91. The fraction of sp³-hybridized carbons (Fsp3) is 0.714. The molecule has 1 unspecified atom stereocenters. The predicted molar refractivity (Wildman–Crippen MR) is 143 cm³/mol. The number of hydrogen-bond donors (Lipinski definition) is 2. The molecule has 2 aliphatic carbocycles. The van der Waals surface area contributed by atoms with Gasteiger partial charge in [-0.25, -0.2) is 4.79 Å². The van der Waals surface area contributed by atoms with Gasteiger partial charge in [0.15, 0.2) is 0 Å². The molecule has 0 radical (unpaired) electrons. The quantitative estimate of drug-likeness (QED) is 0.124. The van der Waals surface area contributed by atoms with Crippen LogP contribution in [0.4, 0.5) is 4.79 Å². The zero-order valence-corrected chi connectivity index (χ0v) is 23.0. The van der Waals surface area contributed by atoms with Crippen molar-refractivity contribution in [2.24, 2.45) is 17.8 Å². The highest BCUT2D eigenvalue weighted by Crippen LogP contribution is 2.52. The van der Waals surface area contributed by atoms with E-state index in [-0.39, 0.29) is 18.9 Å². The van der Waals surface area contributed by atoms with Crippen molar-refractivity contribution in [3.8, 4) is 11.8 Å². The van der Waals surface area contributed by atoms with Gasteiger partial charge in [0, 0.05) is 51.0 Å². The van der Waals surface area contributed by atoms with Gasteiger partial charge in [0.05, 0.1) is 59.5 Å². The molecule has 0 aromatic carbocycles. The second kappa shape index (κ2) is 18.4. The molecule has 0 aromatic rings. The van der Waals surface area contributed by atoms with E-state index in [9.17, 15) is 19.2 Å². The molecule has 3 aliphatic rings. The number of rotatable bonds is 20. The molecule has 4 amide bonds. The molecule has 0 spiro atoms. The first-order valence-corrected chi connectivity index (χ1v) is 14.0. The van der Waals surface area contributed by atoms with Gasteiger partial charge < -0.3 is 34.3 Å². The maximum absolute atomic E-state index is 11.9. The van der Waals surface area contributed by atoms with Crippen LogP contribution in [0.5, 0.6) is 0 Å². The molecule has 12 heteroatoms. The number of imide groups is 1. The minimum absolute atomic E-state index is 0.0524. The van der Waals surface area contributed by atoms with E-state index < -0.39 is 17.9 Å². The first-order chi connectivity index (χ1) is 19.6. The number of ether oxygens (including phenoxy) is 5. The van der Waals surface area contributed by atoms with Crippen LogP contribution < -0.4 is 10.6 Å². The maximum Gasteiger partial charge on any atom is 0.407 e. The highest BCUT2D eigenvalue weighted by Gasteiger charge is 2.49. The van der Waals surface area contributed by atoms with Crippen LogP contribution >= 0.6 is 0 Å². The van der Waals surface area contributed by atoms with Crippen LogP contribution in [-0.2, 0) is 38.1 Å². The van der Waals surface area contributed by atoms with E-state index in [4.69, 9.17) is 23.7 Å². The van der Waals surface area contributed by atoms with Crippen LogP contribution in [0.1, 0.15) is 32.1 Å². The average molecular weight is 564 g/mol. The number of carbonyl (C=O) groups excluding carboxylic acids is 4. The fourth-order valence-corrected chi connectivity index (χ4v) is 4.71. The van der Waals surface area contributed by atoms with Crippen molar-refractivity contribution in [1.82, 2.24) is 15.5 Å². The summed E-state index contributed by atoms with van der Waals surface area (Å²) in [6.07, 6.45) is 6.17. The summed E-state index contributed by atoms with van der Waals surface area (Å²) in [5, 5.41) is 5.38. The predicted octanol–water partition coefficient (Wildman–Crippen LogP) is 0.650. The Morgan fingerprint density at radius 3 is 1.82 bits per heavy atom. The minimum atomic E-state index is -0.399. The minimum Gasteiger partial charge on any atom is -0.449 e. The Morgan fingerprint density at radius 2 is 1.27 bits per heavy atom. The van der Waals surface area contributed by atoms with Gasteiger partial charge in [-0.15, -0.1) is 11.8 Å². The lowest BCUT2D eigenvalue weighted by Crippen LogP contribution is -2.35. The second-order valence-corrected chi connectivity index (χ2v) is 9.66. The maximum atomic E-state index is 11.9. The Morgan fingerprint density at radius 1 is 0.775 bits per heavy atom. The van der Waals surface area contributed by atoms with Crippen LogP contribution in [-0.4, -0.2) is 108 Å². The molecule has 1 heterocycles. The first kappa shape index (κ1) is 31.5. The van der Waals surface area contributed by atoms with Gasteiger partial charge in [0.25, 0.3) is 11.8 Å². The number of fused-ring (bicyclic) bond motifs is 1. The molecule has 1 saturated carbocycles. The van der Waals surface area contributed by atoms with Crippen molar-refractivity contribution in [3.05, 3.63) is 12.2 Å². The summed E-state index contributed by atoms with van der Waals surface area (Å²) in [4.78, 5) is 47.5. The molecule has 2 N–H and O–H groups in total. The summed E-state index contributed by atoms with van der Waals surface area (Å²) >= 11 is 0. The molecule has 3 rings (SSSR count). The van der Waals surface area contributed by atoms with Crippen LogP contribution in [0, 0.1) is 29.6 Å². The van der Waals surface area contributed by atoms with E-state index in [0.29, 0.717) is 90.3 Å². The van der Waals surface area contributed by atoms with Gasteiger partial charge in [-0.05, 0) is 30.6 Å². The smallest absolute Gasteiger partial charge is 0.407 e. The van der Waals surface area contributed by atoms with Gasteiger partial charge in [-0.1, -0.05) is 0 Å².